The van der Waals surface area contributed by atoms with Crippen LogP contribution in [0.3, 0.4) is 0 Å². The first-order valence-corrected chi connectivity index (χ1v) is 9.24. The van der Waals surface area contributed by atoms with E-state index in [2.05, 4.69) is 25.7 Å². The first-order valence-electron chi connectivity index (χ1n) is 7.88. The first-order chi connectivity index (χ1) is 13.3. The summed E-state index contributed by atoms with van der Waals surface area (Å²) in [6.07, 6.45) is 0. The summed E-state index contributed by atoms with van der Waals surface area (Å²) in [4.78, 5) is 4.39. The van der Waals surface area contributed by atoms with Crippen molar-refractivity contribution in [3.8, 4) is 22.9 Å². The molecular weight excluding hydrogens is 388 g/mol. The fraction of sp³-hybridized carbons (Fsp3) is 0.118. The Kier molecular flexibility index (Phi) is 5.03. The highest BCUT2D eigenvalue weighted by molar-refractivity contribution is 7.98. The Bertz CT molecular complexity index is 1070. The molecule has 0 unspecified atom stereocenters. The van der Waals surface area contributed by atoms with Gasteiger partial charge in [0.05, 0.1) is 23.4 Å². The van der Waals surface area contributed by atoms with Crippen LogP contribution in [0.25, 0.3) is 17.1 Å². The number of aromatic nitrogens is 6. The summed E-state index contributed by atoms with van der Waals surface area (Å²) in [5.41, 5.74) is 1.44. The Morgan fingerprint density at radius 3 is 2.81 bits per heavy atom. The third-order valence-corrected chi connectivity index (χ3v) is 4.90. The molecule has 0 aliphatic carbocycles. The predicted octanol–water partition coefficient (Wildman–Crippen LogP) is 3.67. The van der Waals surface area contributed by atoms with Gasteiger partial charge in [0.1, 0.15) is 11.4 Å². The zero-order valence-electron chi connectivity index (χ0n) is 14.1. The van der Waals surface area contributed by atoms with Crippen LogP contribution in [0.15, 0.2) is 58.2 Å². The van der Waals surface area contributed by atoms with Crippen LogP contribution in [0.1, 0.15) is 5.82 Å². The number of para-hydroxylation sites is 2. The maximum Gasteiger partial charge on any atom is 0.259 e. The summed E-state index contributed by atoms with van der Waals surface area (Å²) < 4.78 is 12.3. The van der Waals surface area contributed by atoms with Crippen LogP contribution in [0.5, 0.6) is 5.75 Å². The van der Waals surface area contributed by atoms with Gasteiger partial charge in [-0.25, -0.2) is 0 Å². The number of methoxy groups -OCH3 is 1. The second kappa shape index (κ2) is 7.77. The number of benzene rings is 2. The Labute approximate surface area is 163 Å². The number of rotatable bonds is 6. The van der Waals surface area contributed by atoms with Crippen molar-refractivity contribution in [2.24, 2.45) is 0 Å². The molecule has 0 atom stereocenters. The SMILES string of the molecule is COc1ccccc1-n1nnnc1SCc1noc(-c2ccccc2Cl)n1. The van der Waals surface area contributed by atoms with E-state index in [0.717, 1.165) is 5.69 Å². The molecule has 0 saturated carbocycles. The summed E-state index contributed by atoms with van der Waals surface area (Å²) in [7, 11) is 1.60. The molecule has 2 heterocycles. The lowest BCUT2D eigenvalue weighted by molar-refractivity contribution is 0.410. The number of tetrazole rings is 1. The van der Waals surface area contributed by atoms with Crippen LogP contribution in [-0.2, 0) is 5.75 Å². The molecule has 0 radical (unpaired) electrons. The minimum Gasteiger partial charge on any atom is -0.494 e. The number of nitrogens with zero attached hydrogens (tertiary/aromatic N) is 6. The van der Waals surface area contributed by atoms with E-state index in [4.69, 9.17) is 20.9 Å². The Hall–Kier alpha value is -2.91. The zero-order chi connectivity index (χ0) is 18.6. The van der Waals surface area contributed by atoms with Gasteiger partial charge in [-0.2, -0.15) is 9.67 Å². The quantitative estimate of drug-likeness (QED) is 0.453. The van der Waals surface area contributed by atoms with Crippen molar-refractivity contribution in [3.63, 3.8) is 0 Å². The third kappa shape index (κ3) is 3.64. The Morgan fingerprint density at radius 1 is 1.15 bits per heavy atom. The molecule has 4 rings (SSSR count). The van der Waals surface area contributed by atoms with E-state index < -0.39 is 0 Å². The summed E-state index contributed by atoms with van der Waals surface area (Å²) in [6.45, 7) is 0. The molecule has 10 heteroatoms. The second-order valence-corrected chi connectivity index (χ2v) is 6.68. The molecule has 2 aromatic heterocycles. The highest BCUT2D eigenvalue weighted by Crippen LogP contribution is 2.29. The zero-order valence-corrected chi connectivity index (χ0v) is 15.7. The molecule has 4 aromatic rings. The number of ether oxygens (including phenoxy) is 1. The highest BCUT2D eigenvalue weighted by Gasteiger charge is 2.16. The van der Waals surface area contributed by atoms with E-state index in [0.29, 0.717) is 39.0 Å². The van der Waals surface area contributed by atoms with E-state index in [1.807, 2.05) is 42.5 Å². The van der Waals surface area contributed by atoms with Crippen LogP contribution >= 0.6 is 23.4 Å². The van der Waals surface area contributed by atoms with Crippen molar-refractivity contribution in [2.45, 2.75) is 10.9 Å². The fourth-order valence-electron chi connectivity index (χ4n) is 2.41. The van der Waals surface area contributed by atoms with Crippen LogP contribution < -0.4 is 4.74 Å². The highest BCUT2D eigenvalue weighted by atomic mass is 35.5. The van der Waals surface area contributed by atoms with Gasteiger partial charge in [-0.15, -0.1) is 5.10 Å². The van der Waals surface area contributed by atoms with Gasteiger partial charge in [-0.1, -0.05) is 52.8 Å². The Balaban J connectivity index is 1.53. The molecule has 8 nitrogen and oxygen atoms in total. The van der Waals surface area contributed by atoms with Gasteiger partial charge in [-0.05, 0) is 34.7 Å². The minimum atomic E-state index is 0.375. The van der Waals surface area contributed by atoms with Gasteiger partial charge in [0.2, 0.25) is 5.16 Å². The molecule has 136 valence electrons. The maximum atomic E-state index is 6.17. The molecule has 27 heavy (non-hydrogen) atoms. The van der Waals surface area contributed by atoms with Crippen molar-refractivity contribution < 1.29 is 9.26 Å². The van der Waals surface area contributed by atoms with Gasteiger partial charge in [-0.3, -0.25) is 0 Å². The molecule has 0 N–H and O–H groups in total. The average Bonchev–Trinajstić information content (AvgIpc) is 3.36. The van der Waals surface area contributed by atoms with Crippen molar-refractivity contribution in [1.29, 1.82) is 0 Å². The Morgan fingerprint density at radius 2 is 1.96 bits per heavy atom. The molecule has 2 aromatic carbocycles. The molecule has 0 fully saturated rings. The minimum absolute atomic E-state index is 0.375. The van der Waals surface area contributed by atoms with Gasteiger partial charge in [0, 0.05) is 0 Å². The van der Waals surface area contributed by atoms with E-state index in [1.165, 1.54) is 11.8 Å². The molecule has 0 aliphatic heterocycles. The third-order valence-electron chi connectivity index (χ3n) is 3.66. The van der Waals surface area contributed by atoms with E-state index >= 15 is 0 Å². The molecule has 0 saturated heterocycles. The molecular formula is C17H13ClN6O2S. The predicted molar refractivity (Wildman–Crippen MR) is 100 cm³/mol. The largest absolute Gasteiger partial charge is 0.494 e. The van der Waals surface area contributed by atoms with Crippen molar-refractivity contribution in [3.05, 3.63) is 59.4 Å². The van der Waals surface area contributed by atoms with Crippen LogP contribution in [0.4, 0.5) is 0 Å². The van der Waals surface area contributed by atoms with Crippen LogP contribution in [0.2, 0.25) is 5.02 Å². The molecule has 0 spiro atoms. The second-order valence-electron chi connectivity index (χ2n) is 5.33. The summed E-state index contributed by atoms with van der Waals surface area (Å²) >= 11 is 7.56. The summed E-state index contributed by atoms with van der Waals surface area (Å²) in [5, 5.41) is 17.0. The average molecular weight is 401 g/mol. The van der Waals surface area contributed by atoms with Crippen LogP contribution in [0, 0.1) is 0 Å². The first kappa shape index (κ1) is 17.5. The molecule has 0 bridgehead atoms. The van der Waals surface area contributed by atoms with E-state index in [1.54, 1.807) is 17.9 Å². The molecule has 0 aliphatic rings. The van der Waals surface area contributed by atoms with Crippen molar-refractivity contribution >= 4 is 23.4 Å². The summed E-state index contributed by atoms with van der Waals surface area (Å²) in [5.74, 6) is 2.00. The van der Waals surface area contributed by atoms with Crippen molar-refractivity contribution in [2.75, 3.05) is 7.11 Å². The van der Waals surface area contributed by atoms with Gasteiger partial charge in [0.15, 0.2) is 5.82 Å². The van der Waals surface area contributed by atoms with Crippen LogP contribution in [-0.4, -0.2) is 37.5 Å². The smallest absolute Gasteiger partial charge is 0.259 e. The number of hydrogen-bond acceptors (Lipinski definition) is 8. The fourth-order valence-corrected chi connectivity index (χ4v) is 3.35. The van der Waals surface area contributed by atoms with Gasteiger partial charge < -0.3 is 9.26 Å². The number of thioether (sulfide) groups is 1. The van der Waals surface area contributed by atoms with E-state index in [9.17, 15) is 0 Å². The molecule has 0 amide bonds. The monoisotopic (exact) mass is 400 g/mol. The number of halogens is 1. The lowest BCUT2D eigenvalue weighted by Gasteiger charge is -2.08. The maximum absolute atomic E-state index is 6.17. The van der Waals surface area contributed by atoms with Gasteiger partial charge >= 0.3 is 0 Å². The lowest BCUT2D eigenvalue weighted by Crippen LogP contribution is -2.02. The number of hydrogen-bond donors (Lipinski definition) is 0. The van der Waals surface area contributed by atoms with E-state index in [-0.39, 0.29) is 0 Å². The summed E-state index contributed by atoms with van der Waals surface area (Å²) in [6, 6.07) is 14.8. The standard InChI is InChI=1S/C17H13ClN6O2S/c1-25-14-9-5-4-8-13(14)24-17(20-22-23-24)27-10-15-19-16(26-21-15)11-6-2-3-7-12(11)18/h2-9H,10H2,1H3. The topological polar surface area (TPSA) is 91.8 Å². The van der Waals surface area contributed by atoms with Gasteiger partial charge in [0.25, 0.3) is 5.89 Å². The van der Waals surface area contributed by atoms with Crippen molar-refractivity contribution in [1.82, 2.24) is 30.3 Å². The normalized spacial score (nSPS) is 10.9. The lowest BCUT2D eigenvalue weighted by atomic mass is 10.2.